The van der Waals surface area contributed by atoms with Crippen LogP contribution in [0, 0.1) is 0 Å². The molecule has 1 aromatic carbocycles. The summed E-state index contributed by atoms with van der Waals surface area (Å²) in [5, 5.41) is 10.5. The Labute approximate surface area is 126 Å². The monoisotopic (exact) mass is 321 g/mol. The molecule has 3 rings (SSSR count). The van der Waals surface area contributed by atoms with Crippen molar-refractivity contribution < 1.29 is 13.5 Å². The van der Waals surface area contributed by atoms with Gasteiger partial charge in [-0.2, -0.15) is 0 Å². The maximum Gasteiger partial charge on any atom is 0.272 e. The summed E-state index contributed by atoms with van der Waals surface area (Å²) in [4.78, 5) is 17.4. The van der Waals surface area contributed by atoms with Crippen molar-refractivity contribution in [2.75, 3.05) is 6.54 Å². The molecule has 0 fully saturated rings. The maximum absolute atomic E-state index is 12.2. The summed E-state index contributed by atoms with van der Waals surface area (Å²) < 4.78 is 26.7. The predicted octanol–water partition coefficient (Wildman–Crippen LogP) is 0.669. The number of aromatic amines is 2. The fourth-order valence-electron chi connectivity index (χ4n) is 2.30. The van der Waals surface area contributed by atoms with Crippen molar-refractivity contribution >= 4 is 31.8 Å². The van der Waals surface area contributed by atoms with E-state index in [2.05, 4.69) is 14.7 Å². The van der Waals surface area contributed by atoms with Crippen LogP contribution in [0.4, 0.5) is 0 Å². The zero-order valence-electron chi connectivity index (χ0n) is 11.8. The number of hydrogen-bond donors (Lipinski definition) is 4. The second-order valence-corrected chi connectivity index (χ2v) is 6.90. The lowest BCUT2D eigenvalue weighted by molar-refractivity contribution is 0.198. The Kier molecular flexibility index (Phi) is 3.51. The van der Waals surface area contributed by atoms with Crippen LogP contribution in [0.5, 0.6) is 0 Å². The molecular formula is C14H15N3O4S. The molecule has 0 saturated heterocycles. The number of sulfonamides is 1. The van der Waals surface area contributed by atoms with E-state index in [0.29, 0.717) is 21.8 Å². The van der Waals surface area contributed by atoms with Gasteiger partial charge in [0, 0.05) is 29.0 Å². The number of pyridine rings is 1. The highest BCUT2D eigenvalue weighted by atomic mass is 32.2. The second-order valence-electron chi connectivity index (χ2n) is 5.13. The summed E-state index contributed by atoms with van der Waals surface area (Å²) >= 11 is 0. The van der Waals surface area contributed by atoms with E-state index in [1.54, 1.807) is 12.1 Å². The number of fused-ring (bicyclic) bond motifs is 3. The molecule has 2 heterocycles. The maximum atomic E-state index is 12.2. The molecule has 0 aliphatic heterocycles. The van der Waals surface area contributed by atoms with Crippen LogP contribution in [0.2, 0.25) is 0 Å². The quantitative estimate of drug-likeness (QED) is 0.565. The predicted molar refractivity (Wildman–Crippen MR) is 83.3 cm³/mol. The summed E-state index contributed by atoms with van der Waals surface area (Å²) in [6, 6.07) is 6.30. The number of hydrogen-bond acceptors (Lipinski definition) is 4. The minimum Gasteiger partial charge on any atom is -0.392 e. The number of rotatable bonds is 4. The fourth-order valence-corrected chi connectivity index (χ4v) is 3.45. The third kappa shape index (κ3) is 2.52. The van der Waals surface area contributed by atoms with E-state index < -0.39 is 16.1 Å². The van der Waals surface area contributed by atoms with Gasteiger partial charge in [0.15, 0.2) is 0 Å². The van der Waals surface area contributed by atoms with Crippen LogP contribution in [-0.4, -0.2) is 36.1 Å². The average Bonchev–Trinajstić information content (AvgIpc) is 2.85. The van der Waals surface area contributed by atoms with E-state index in [1.807, 2.05) is 0 Å². The standard InChI is InChI=1S/C14H15N3O4S/c1-8(18)7-16-22(20,21)9-2-3-12-11(6-9)10-4-5-15-14(19)13(10)17-12/h2-6,8,16-18H,7H2,1H3,(H,15,19). The molecule has 8 heteroatoms. The Morgan fingerprint density at radius 3 is 2.77 bits per heavy atom. The Bertz CT molecular complexity index is 1000. The van der Waals surface area contributed by atoms with Gasteiger partial charge in [0.1, 0.15) is 5.52 Å². The van der Waals surface area contributed by atoms with Crippen molar-refractivity contribution in [1.29, 1.82) is 0 Å². The third-order valence-corrected chi connectivity index (χ3v) is 4.80. The van der Waals surface area contributed by atoms with Gasteiger partial charge in [-0.1, -0.05) is 0 Å². The van der Waals surface area contributed by atoms with Gasteiger partial charge in [-0.05, 0) is 31.2 Å². The molecule has 4 N–H and O–H groups in total. The molecule has 1 unspecified atom stereocenters. The number of benzene rings is 1. The fraction of sp³-hybridized carbons (Fsp3) is 0.214. The summed E-state index contributed by atoms with van der Waals surface area (Å²) in [6.45, 7) is 1.44. The van der Waals surface area contributed by atoms with Gasteiger partial charge in [-0.15, -0.1) is 0 Å². The third-order valence-electron chi connectivity index (χ3n) is 3.38. The molecule has 0 amide bonds. The van der Waals surface area contributed by atoms with Crippen molar-refractivity contribution in [3.05, 3.63) is 40.8 Å². The largest absolute Gasteiger partial charge is 0.392 e. The van der Waals surface area contributed by atoms with E-state index in [1.165, 1.54) is 25.3 Å². The zero-order chi connectivity index (χ0) is 15.9. The highest BCUT2D eigenvalue weighted by Gasteiger charge is 2.16. The molecule has 116 valence electrons. The van der Waals surface area contributed by atoms with Gasteiger partial charge in [-0.3, -0.25) is 4.79 Å². The first-order valence-corrected chi connectivity index (χ1v) is 8.17. The Balaban J connectivity index is 2.15. The first kappa shape index (κ1) is 14.8. The Hall–Kier alpha value is -2.16. The van der Waals surface area contributed by atoms with Crippen LogP contribution in [0.3, 0.4) is 0 Å². The zero-order valence-corrected chi connectivity index (χ0v) is 12.6. The smallest absolute Gasteiger partial charge is 0.272 e. The molecule has 0 aliphatic rings. The highest BCUT2D eigenvalue weighted by Crippen LogP contribution is 2.25. The number of aromatic nitrogens is 2. The summed E-state index contributed by atoms with van der Waals surface area (Å²) in [7, 11) is -3.71. The number of aliphatic hydroxyl groups is 1. The van der Waals surface area contributed by atoms with E-state index in [9.17, 15) is 18.3 Å². The lowest BCUT2D eigenvalue weighted by Crippen LogP contribution is -2.30. The first-order chi connectivity index (χ1) is 10.4. The van der Waals surface area contributed by atoms with Gasteiger partial charge >= 0.3 is 0 Å². The van der Waals surface area contributed by atoms with E-state index in [-0.39, 0.29) is 17.0 Å². The topological polar surface area (TPSA) is 115 Å². The number of aliphatic hydroxyl groups excluding tert-OH is 1. The number of nitrogens with one attached hydrogen (secondary N) is 3. The van der Waals surface area contributed by atoms with Crippen molar-refractivity contribution in [3.63, 3.8) is 0 Å². The van der Waals surface area contributed by atoms with Gasteiger partial charge in [0.25, 0.3) is 5.56 Å². The minimum absolute atomic E-state index is 0.0616. The van der Waals surface area contributed by atoms with Gasteiger partial charge in [0.05, 0.1) is 11.0 Å². The van der Waals surface area contributed by atoms with Gasteiger partial charge in [-0.25, -0.2) is 13.1 Å². The van der Waals surface area contributed by atoms with Gasteiger partial charge < -0.3 is 15.1 Å². The SMILES string of the molecule is CC(O)CNS(=O)(=O)c1ccc2[nH]c3c(=O)[nH]ccc3c2c1. The molecule has 22 heavy (non-hydrogen) atoms. The molecule has 2 aromatic heterocycles. The minimum atomic E-state index is -3.71. The molecule has 0 radical (unpaired) electrons. The van der Waals surface area contributed by atoms with Gasteiger partial charge in [0.2, 0.25) is 10.0 Å². The van der Waals surface area contributed by atoms with Crippen LogP contribution in [0.25, 0.3) is 21.8 Å². The molecule has 7 nitrogen and oxygen atoms in total. The molecule has 0 spiro atoms. The average molecular weight is 321 g/mol. The van der Waals surface area contributed by atoms with Crippen molar-refractivity contribution in [2.24, 2.45) is 0 Å². The van der Waals surface area contributed by atoms with E-state index >= 15 is 0 Å². The Morgan fingerprint density at radius 2 is 2.05 bits per heavy atom. The van der Waals surface area contributed by atoms with E-state index in [0.717, 1.165) is 0 Å². The van der Waals surface area contributed by atoms with Crippen LogP contribution in [0.1, 0.15) is 6.92 Å². The summed E-state index contributed by atoms with van der Waals surface area (Å²) in [5.74, 6) is 0. The first-order valence-electron chi connectivity index (χ1n) is 6.69. The van der Waals surface area contributed by atoms with Crippen molar-refractivity contribution in [2.45, 2.75) is 17.9 Å². The lowest BCUT2D eigenvalue weighted by Gasteiger charge is -2.08. The normalized spacial score (nSPS) is 13.7. The van der Waals surface area contributed by atoms with Crippen LogP contribution >= 0.6 is 0 Å². The molecule has 0 saturated carbocycles. The summed E-state index contributed by atoms with van der Waals surface area (Å²) in [6.07, 6.45) is 0.746. The highest BCUT2D eigenvalue weighted by molar-refractivity contribution is 7.89. The molecule has 0 bridgehead atoms. The lowest BCUT2D eigenvalue weighted by atomic mass is 10.2. The summed E-state index contributed by atoms with van der Waals surface area (Å²) in [5.41, 5.74) is 0.829. The molecule has 3 aromatic rings. The van der Waals surface area contributed by atoms with Crippen LogP contribution < -0.4 is 10.3 Å². The molecule has 0 aliphatic carbocycles. The van der Waals surface area contributed by atoms with Crippen LogP contribution in [0.15, 0.2) is 40.2 Å². The van der Waals surface area contributed by atoms with Crippen LogP contribution in [-0.2, 0) is 10.0 Å². The molecular weight excluding hydrogens is 306 g/mol. The Morgan fingerprint density at radius 1 is 1.27 bits per heavy atom. The number of H-pyrrole nitrogens is 2. The van der Waals surface area contributed by atoms with Crippen molar-refractivity contribution in [1.82, 2.24) is 14.7 Å². The van der Waals surface area contributed by atoms with Crippen molar-refractivity contribution in [3.8, 4) is 0 Å². The van der Waals surface area contributed by atoms with E-state index in [4.69, 9.17) is 0 Å². The molecule has 1 atom stereocenters. The second kappa shape index (κ2) is 5.24.